The van der Waals surface area contributed by atoms with E-state index in [1.54, 1.807) is 0 Å². The fourth-order valence-corrected chi connectivity index (χ4v) is 6.84. The highest BCUT2D eigenvalue weighted by molar-refractivity contribution is 7.89. The van der Waals surface area contributed by atoms with Crippen LogP contribution < -0.4 is 10.6 Å². The first kappa shape index (κ1) is 23.8. The number of nitrogens with zero attached hydrogens (tertiary/aromatic N) is 2. The third-order valence-electron chi connectivity index (χ3n) is 6.87. The normalized spacial score (nSPS) is 22.4. The van der Waals surface area contributed by atoms with Crippen molar-refractivity contribution in [3.05, 3.63) is 58.6 Å². The molecule has 2 aromatic carbocycles. The molecule has 0 radical (unpaired) electrons. The molecule has 11 heteroatoms. The number of fused-ring (bicyclic) bond motifs is 2. The van der Waals surface area contributed by atoms with Gasteiger partial charge in [0, 0.05) is 13.1 Å². The van der Waals surface area contributed by atoms with Gasteiger partial charge in [0.05, 0.1) is 15.6 Å². The van der Waals surface area contributed by atoms with Crippen molar-refractivity contribution in [3.8, 4) is 0 Å². The van der Waals surface area contributed by atoms with E-state index in [1.165, 1.54) is 22.5 Å². The molecule has 2 aliphatic heterocycles. The molecule has 3 aliphatic rings. The van der Waals surface area contributed by atoms with Crippen LogP contribution in [0.15, 0.2) is 47.4 Å². The van der Waals surface area contributed by atoms with Crippen LogP contribution in [-0.4, -0.2) is 55.1 Å². The fraction of sp³-hybridized carbons (Fsp3) is 0.375. The Labute approximate surface area is 208 Å². The number of sulfonamides is 1. The first-order valence-electron chi connectivity index (χ1n) is 11.5. The Hall–Kier alpha value is -2.95. The standard InChI is InChI=1S/C24H25ClN4O5S/c25-19-10-9-17(35(33,34)28-12-3-4-13-28)14-20(19)26-21(30)15-29-22(31)24(27-23(29)32)11-5-7-16-6-1-2-8-18(16)24/h1-2,6,8-10,14H,3-5,7,11-13,15H2,(H,26,30)(H,27,32)/t24-/m0/s1. The molecule has 5 rings (SSSR count). The molecule has 1 spiro atoms. The minimum Gasteiger partial charge on any atom is -0.323 e. The number of imide groups is 1. The van der Waals surface area contributed by atoms with Crippen molar-refractivity contribution in [2.75, 3.05) is 25.0 Å². The zero-order valence-electron chi connectivity index (χ0n) is 18.9. The number of amides is 4. The lowest BCUT2D eigenvalue weighted by molar-refractivity contribution is -0.134. The third-order valence-corrected chi connectivity index (χ3v) is 9.09. The van der Waals surface area contributed by atoms with Gasteiger partial charge in [0.25, 0.3) is 5.91 Å². The van der Waals surface area contributed by atoms with E-state index in [4.69, 9.17) is 11.6 Å². The van der Waals surface area contributed by atoms with Crippen molar-refractivity contribution in [2.24, 2.45) is 0 Å². The summed E-state index contributed by atoms with van der Waals surface area (Å²) in [7, 11) is -3.71. The van der Waals surface area contributed by atoms with E-state index in [0.29, 0.717) is 19.5 Å². The zero-order chi connectivity index (χ0) is 24.8. The van der Waals surface area contributed by atoms with Crippen molar-refractivity contribution in [3.63, 3.8) is 0 Å². The van der Waals surface area contributed by atoms with Crippen molar-refractivity contribution in [2.45, 2.75) is 42.5 Å². The fourth-order valence-electron chi connectivity index (χ4n) is 5.13. The van der Waals surface area contributed by atoms with Crippen LogP contribution in [0.1, 0.15) is 36.8 Å². The SMILES string of the molecule is O=C(CN1C(=O)N[C@]2(CCCc3ccccc32)C1=O)Nc1cc(S(=O)(=O)N2CCCC2)ccc1Cl. The molecule has 2 N–H and O–H groups in total. The van der Waals surface area contributed by atoms with Gasteiger partial charge in [0.2, 0.25) is 15.9 Å². The first-order chi connectivity index (χ1) is 16.7. The molecule has 2 aromatic rings. The maximum atomic E-state index is 13.4. The summed E-state index contributed by atoms with van der Waals surface area (Å²) in [5.41, 5.74) is 0.687. The minimum atomic E-state index is -3.71. The molecule has 0 bridgehead atoms. The van der Waals surface area contributed by atoms with Gasteiger partial charge in [-0.1, -0.05) is 35.9 Å². The summed E-state index contributed by atoms with van der Waals surface area (Å²) in [5.74, 6) is -1.13. The van der Waals surface area contributed by atoms with Crippen molar-refractivity contribution in [1.29, 1.82) is 0 Å². The molecule has 35 heavy (non-hydrogen) atoms. The molecule has 2 heterocycles. The quantitative estimate of drug-likeness (QED) is 0.593. The predicted molar refractivity (Wildman–Crippen MR) is 129 cm³/mol. The topological polar surface area (TPSA) is 116 Å². The molecule has 9 nitrogen and oxygen atoms in total. The van der Waals surface area contributed by atoms with Crippen LogP contribution in [0.3, 0.4) is 0 Å². The number of carbonyl (C=O) groups excluding carboxylic acids is 3. The molecule has 4 amide bonds. The number of nitrogens with one attached hydrogen (secondary N) is 2. The van der Waals surface area contributed by atoms with Crippen LogP contribution in [0.5, 0.6) is 0 Å². The van der Waals surface area contributed by atoms with Crippen LogP contribution in [0.25, 0.3) is 0 Å². The summed E-state index contributed by atoms with van der Waals surface area (Å²) in [6, 6.07) is 11.0. The molecule has 0 saturated carbocycles. The summed E-state index contributed by atoms with van der Waals surface area (Å²) in [6.45, 7) is 0.376. The summed E-state index contributed by atoms with van der Waals surface area (Å²) in [4.78, 5) is 39.9. The second kappa shape index (κ2) is 8.92. The van der Waals surface area contributed by atoms with Gasteiger partial charge in [-0.25, -0.2) is 13.2 Å². The Morgan fingerprint density at radius 1 is 1.09 bits per heavy atom. The maximum Gasteiger partial charge on any atom is 0.325 e. The lowest BCUT2D eigenvalue weighted by atomic mass is 9.76. The molecule has 1 aliphatic carbocycles. The van der Waals surface area contributed by atoms with Crippen molar-refractivity contribution in [1.82, 2.24) is 14.5 Å². The van der Waals surface area contributed by atoms with Gasteiger partial charge in [-0.05, 0) is 61.4 Å². The number of anilines is 1. The van der Waals surface area contributed by atoms with E-state index in [1.807, 2.05) is 24.3 Å². The number of hydrogen-bond acceptors (Lipinski definition) is 5. The van der Waals surface area contributed by atoms with Crippen molar-refractivity contribution < 1.29 is 22.8 Å². The predicted octanol–water partition coefficient (Wildman–Crippen LogP) is 2.85. The van der Waals surface area contributed by atoms with Gasteiger partial charge in [-0.15, -0.1) is 0 Å². The molecule has 0 aromatic heterocycles. The van der Waals surface area contributed by atoms with Gasteiger partial charge in [-0.3, -0.25) is 14.5 Å². The first-order valence-corrected chi connectivity index (χ1v) is 13.4. The minimum absolute atomic E-state index is 0.0202. The number of hydrogen-bond donors (Lipinski definition) is 2. The lowest BCUT2D eigenvalue weighted by Gasteiger charge is -2.33. The summed E-state index contributed by atoms with van der Waals surface area (Å²) < 4.78 is 27.2. The second-order valence-corrected chi connectivity index (χ2v) is 11.4. The molecule has 2 fully saturated rings. The number of urea groups is 1. The van der Waals surface area contributed by atoms with E-state index >= 15 is 0 Å². The second-order valence-electron chi connectivity index (χ2n) is 9.04. The lowest BCUT2D eigenvalue weighted by Crippen LogP contribution is -2.47. The van der Waals surface area contributed by atoms with Gasteiger partial charge < -0.3 is 10.6 Å². The highest BCUT2D eigenvalue weighted by Gasteiger charge is 2.54. The summed E-state index contributed by atoms with van der Waals surface area (Å²) in [6.07, 6.45) is 3.60. The highest BCUT2D eigenvalue weighted by Crippen LogP contribution is 2.40. The van der Waals surface area contributed by atoms with Crippen LogP contribution in [-0.2, 0) is 31.6 Å². The van der Waals surface area contributed by atoms with Gasteiger partial charge >= 0.3 is 6.03 Å². The van der Waals surface area contributed by atoms with Crippen LogP contribution in [0.4, 0.5) is 10.5 Å². The van der Waals surface area contributed by atoms with E-state index in [9.17, 15) is 22.8 Å². The third kappa shape index (κ3) is 4.09. The molecule has 2 saturated heterocycles. The largest absolute Gasteiger partial charge is 0.325 e. The van der Waals surface area contributed by atoms with Crippen molar-refractivity contribution >= 4 is 45.2 Å². The highest BCUT2D eigenvalue weighted by atomic mass is 35.5. The maximum absolute atomic E-state index is 13.4. The molecule has 184 valence electrons. The average Bonchev–Trinajstić information content (AvgIpc) is 3.46. The van der Waals surface area contributed by atoms with E-state index in [-0.39, 0.29) is 15.6 Å². The average molecular weight is 517 g/mol. The molecule has 0 unspecified atom stereocenters. The number of aryl methyl sites for hydroxylation is 1. The number of halogens is 1. The zero-order valence-corrected chi connectivity index (χ0v) is 20.5. The van der Waals surface area contributed by atoms with Gasteiger partial charge in [0.1, 0.15) is 12.1 Å². The summed E-state index contributed by atoms with van der Waals surface area (Å²) in [5, 5.41) is 5.52. The number of rotatable bonds is 5. The number of benzene rings is 2. The van der Waals surface area contributed by atoms with E-state index in [2.05, 4.69) is 10.6 Å². The van der Waals surface area contributed by atoms with Crippen LogP contribution in [0, 0.1) is 0 Å². The molecular formula is C24H25ClN4O5S. The Morgan fingerprint density at radius 2 is 1.83 bits per heavy atom. The Morgan fingerprint density at radius 3 is 2.60 bits per heavy atom. The molecular weight excluding hydrogens is 492 g/mol. The summed E-state index contributed by atoms with van der Waals surface area (Å²) >= 11 is 6.21. The van der Waals surface area contributed by atoms with E-state index in [0.717, 1.165) is 41.7 Å². The van der Waals surface area contributed by atoms with E-state index < -0.39 is 40.0 Å². The molecule has 1 atom stereocenters. The van der Waals surface area contributed by atoms with Gasteiger partial charge in [-0.2, -0.15) is 4.31 Å². The smallest absolute Gasteiger partial charge is 0.323 e. The Bertz CT molecular complexity index is 1320. The monoisotopic (exact) mass is 516 g/mol. The Kier molecular flexibility index (Phi) is 6.06. The van der Waals surface area contributed by atoms with Crippen LogP contribution >= 0.6 is 11.6 Å². The Balaban J connectivity index is 1.34. The van der Waals surface area contributed by atoms with Gasteiger partial charge in [0.15, 0.2) is 0 Å². The number of carbonyl (C=O) groups is 3. The van der Waals surface area contributed by atoms with Crippen LogP contribution in [0.2, 0.25) is 5.02 Å².